The van der Waals surface area contributed by atoms with Crippen molar-refractivity contribution >= 4 is 23.7 Å². The van der Waals surface area contributed by atoms with Gasteiger partial charge in [-0.2, -0.15) is 4.68 Å². The van der Waals surface area contributed by atoms with Gasteiger partial charge < -0.3 is 29.5 Å². The van der Waals surface area contributed by atoms with Crippen molar-refractivity contribution in [3.8, 4) is 23.0 Å². The fraction of sp³-hybridized carbons (Fsp3) is 0.250. The van der Waals surface area contributed by atoms with Crippen molar-refractivity contribution in [2.24, 2.45) is 0 Å². The zero-order valence-corrected chi connectivity index (χ0v) is 19.3. The first-order valence-electron chi connectivity index (χ1n) is 10.8. The number of ether oxygens (including phenoxy) is 3. The molecule has 2 amide bonds. The van der Waals surface area contributed by atoms with Crippen molar-refractivity contribution in [1.29, 1.82) is 0 Å². The lowest BCUT2D eigenvalue weighted by Crippen LogP contribution is -2.27. The number of nitrogens with zero attached hydrogens (tertiary/aromatic N) is 3. The highest BCUT2D eigenvalue weighted by molar-refractivity contribution is 6.04. The van der Waals surface area contributed by atoms with Crippen LogP contribution < -0.4 is 19.5 Å². The summed E-state index contributed by atoms with van der Waals surface area (Å²) in [6.45, 7) is 4.53. The number of hydrogen-bond acceptors (Lipinski definition) is 7. The molecule has 1 aliphatic heterocycles. The zero-order chi connectivity index (χ0) is 25.1. The number of carboxylic acid groups (broad SMARTS) is 1. The molecule has 35 heavy (non-hydrogen) atoms. The van der Waals surface area contributed by atoms with E-state index in [4.69, 9.17) is 19.3 Å². The lowest BCUT2D eigenvalue weighted by atomic mass is 10.1. The van der Waals surface area contributed by atoms with Gasteiger partial charge in [0, 0.05) is 37.0 Å². The quantitative estimate of drug-likeness (QED) is 0.546. The summed E-state index contributed by atoms with van der Waals surface area (Å²) in [5, 5.41) is 15.3. The lowest BCUT2D eigenvalue weighted by Gasteiger charge is -2.15. The van der Waals surface area contributed by atoms with Gasteiger partial charge in [-0.3, -0.25) is 9.59 Å². The minimum atomic E-state index is -1.27. The summed E-state index contributed by atoms with van der Waals surface area (Å²) in [5.74, 6) is 0.961. The number of amides is 2. The van der Waals surface area contributed by atoms with E-state index in [-0.39, 0.29) is 23.4 Å². The van der Waals surface area contributed by atoms with E-state index in [0.717, 1.165) is 0 Å². The third-order valence-electron chi connectivity index (χ3n) is 4.99. The Morgan fingerprint density at radius 2 is 1.89 bits per heavy atom. The van der Waals surface area contributed by atoms with Crippen LogP contribution in [0.1, 0.15) is 34.6 Å². The Hall–Kier alpha value is -4.54. The fourth-order valence-corrected chi connectivity index (χ4v) is 3.39. The molecule has 2 aromatic carbocycles. The van der Waals surface area contributed by atoms with Crippen LogP contribution in [0.15, 0.2) is 48.7 Å². The Bertz CT molecular complexity index is 1280. The van der Waals surface area contributed by atoms with Gasteiger partial charge in [0.2, 0.25) is 0 Å². The standard InChI is InChI=1S/C24H24N4O7/c1-14(2)34-17-10-15(22(29)25-21-6-7-28(26-21)24(31)32)11-18(12-17)35-16-4-5-19-20(13-16)33-9-8-27(3)23(19)30/h4-7,10-14H,8-9H2,1-3H3,(H,31,32)(H,25,26,29). The van der Waals surface area contributed by atoms with Gasteiger partial charge in [-0.05, 0) is 38.1 Å². The zero-order valence-electron chi connectivity index (χ0n) is 19.3. The average Bonchev–Trinajstić information content (AvgIpc) is 3.21. The predicted molar refractivity (Wildman–Crippen MR) is 125 cm³/mol. The van der Waals surface area contributed by atoms with Crippen LogP contribution in [0.3, 0.4) is 0 Å². The van der Waals surface area contributed by atoms with Crippen molar-refractivity contribution in [2.45, 2.75) is 20.0 Å². The van der Waals surface area contributed by atoms with Crippen LogP contribution in [0, 0.1) is 0 Å². The van der Waals surface area contributed by atoms with E-state index in [0.29, 0.717) is 46.4 Å². The third-order valence-corrected chi connectivity index (χ3v) is 4.99. The van der Waals surface area contributed by atoms with Crippen LogP contribution in [-0.2, 0) is 0 Å². The molecule has 0 aliphatic carbocycles. The molecule has 0 saturated carbocycles. The van der Waals surface area contributed by atoms with E-state index in [1.807, 2.05) is 13.8 Å². The summed E-state index contributed by atoms with van der Waals surface area (Å²) in [5.41, 5.74) is 0.654. The molecular weight excluding hydrogens is 456 g/mol. The van der Waals surface area contributed by atoms with Crippen LogP contribution in [-0.4, -0.2) is 64.0 Å². The van der Waals surface area contributed by atoms with Gasteiger partial charge in [-0.15, -0.1) is 5.10 Å². The summed E-state index contributed by atoms with van der Waals surface area (Å²) in [6.07, 6.45) is -0.212. The normalized spacial score (nSPS) is 13.0. The second-order valence-corrected chi connectivity index (χ2v) is 8.08. The molecule has 11 nitrogen and oxygen atoms in total. The topological polar surface area (TPSA) is 132 Å². The van der Waals surface area contributed by atoms with Gasteiger partial charge in [0.25, 0.3) is 11.8 Å². The average molecular weight is 480 g/mol. The van der Waals surface area contributed by atoms with Crippen LogP contribution in [0.2, 0.25) is 0 Å². The maximum atomic E-state index is 12.9. The van der Waals surface area contributed by atoms with E-state index in [9.17, 15) is 14.4 Å². The van der Waals surface area contributed by atoms with Gasteiger partial charge >= 0.3 is 6.09 Å². The molecular formula is C24H24N4O7. The molecule has 0 atom stereocenters. The molecule has 4 rings (SSSR count). The maximum absolute atomic E-state index is 12.9. The number of aromatic nitrogens is 2. The van der Waals surface area contributed by atoms with Crippen LogP contribution in [0.25, 0.3) is 0 Å². The Morgan fingerprint density at radius 3 is 2.60 bits per heavy atom. The fourth-order valence-electron chi connectivity index (χ4n) is 3.39. The molecule has 0 spiro atoms. The molecule has 0 radical (unpaired) electrons. The van der Waals surface area contributed by atoms with E-state index in [1.165, 1.54) is 18.3 Å². The van der Waals surface area contributed by atoms with Crippen molar-refractivity contribution in [1.82, 2.24) is 14.7 Å². The van der Waals surface area contributed by atoms with E-state index < -0.39 is 12.0 Å². The number of carbonyl (C=O) groups excluding carboxylic acids is 2. The van der Waals surface area contributed by atoms with Crippen molar-refractivity contribution in [3.63, 3.8) is 0 Å². The highest BCUT2D eigenvalue weighted by atomic mass is 16.5. The van der Waals surface area contributed by atoms with Gasteiger partial charge in [-0.1, -0.05) is 0 Å². The Morgan fingerprint density at radius 1 is 1.11 bits per heavy atom. The number of nitrogens with one attached hydrogen (secondary N) is 1. The Kier molecular flexibility index (Phi) is 6.58. The van der Waals surface area contributed by atoms with Crippen LogP contribution in [0.4, 0.5) is 10.6 Å². The first-order valence-corrected chi connectivity index (χ1v) is 10.8. The van der Waals surface area contributed by atoms with Crippen molar-refractivity contribution < 1.29 is 33.7 Å². The molecule has 3 aromatic rings. The number of hydrogen-bond donors (Lipinski definition) is 2. The summed E-state index contributed by atoms with van der Waals surface area (Å²) in [4.78, 5) is 37.9. The summed E-state index contributed by atoms with van der Waals surface area (Å²) in [6, 6.07) is 11.0. The molecule has 2 heterocycles. The number of rotatable bonds is 6. The highest BCUT2D eigenvalue weighted by Crippen LogP contribution is 2.33. The molecule has 0 saturated heterocycles. The van der Waals surface area contributed by atoms with Gasteiger partial charge in [0.1, 0.15) is 29.6 Å². The predicted octanol–water partition coefficient (Wildman–Crippen LogP) is 3.71. The van der Waals surface area contributed by atoms with E-state index in [2.05, 4.69) is 10.4 Å². The minimum absolute atomic E-state index is 0.0765. The number of benzene rings is 2. The molecule has 1 aromatic heterocycles. The molecule has 0 bridgehead atoms. The highest BCUT2D eigenvalue weighted by Gasteiger charge is 2.22. The Labute approximate surface area is 200 Å². The maximum Gasteiger partial charge on any atom is 0.432 e. The summed E-state index contributed by atoms with van der Waals surface area (Å²) < 4.78 is 18.1. The molecule has 1 aliphatic rings. The second kappa shape index (κ2) is 9.75. The second-order valence-electron chi connectivity index (χ2n) is 8.08. The smallest absolute Gasteiger partial charge is 0.432 e. The van der Waals surface area contributed by atoms with Crippen LogP contribution >= 0.6 is 0 Å². The first kappa shape index (κ1) is 23.6. The van der Waals surface area contributed by atoms with Crippen LogP contribution in [0.5, 0.6) is 23.0 Å². The van der Waals surface area contributed by atoms with E-state index >= 15 is 0 Å². The minimum Gasteiger partial charge on any atom is -0.491 e. The van der Waals surface area contributed by atoms with Crippen molar-refractivity contribution in [2.75, 3.05) is 25.5 Å². The largest absolute Gasteiger partial charge is 0.491 e. The monoisotopic (exact) mass is 480 g/mol. The number of anilines is 1. The number of fused-ring (bicyclic) bond motifs is 1. The number of likely N-dealkylation sites (N-methyl/N-ethyl adjacent to an activating group) is 1. The van der Waals surface area contributed by atoms with Gasteiger partial charge in [0.05, 0.1) is 18.2 Å². The lowest BCUT2D eigenvalue weighted by molar-refractivity contribution is 0.0796. The van der Waals surface area contributed by atoms with E-state index in [1.54, 1.807) is 42.3 Å². The third kappa shape index (κ3) is 5.52. The molecule has 0 unspecified atom stereocenters. The number of carbonyl (C=O) groups is 3. The Balaban J connectivity index is 1.60. The summed E-state index contributed by atoms with van der Waals surface area (Å²) in [7, 11) is 1.71. The summed E-state index contributed by atoms with van der Waals surface area (Å²) >= 11 is 0. The molecule has 182 valence electrons. The SMILES string of the molecule is CC(C)Oc1cc(Oc2ccc3c(c2)OCCN(C)C3=O)cc(C(=O)Nc2ccn(C(=O)O)n2)c1. The molecule has 2 N–H and O–H groups in total. The van der Waals surface area contributed by atoms with Gasteiger partial charge in [0.15, 0.2) is 5.82 Å². The van der Waals surface area contributed by atoms with Gasteiger partial charge in [-0.25, -0.2) is 4.79 Å². The first-order chi connectivity index (χ1) is 16.7. The molecule has 11 heteroatoms. The van der Waals surface area contributed by atoms with Crippen molar-refractivity contribution in [3.05, 3.63) is 59.8 Å². The molecule has 0 fully saturated rings.